The van der Waals surface area contributed by atoms with Gasteiger partial charge in [-0.25, -0.2) is 0 Å². The van der Waals surface area contributed by atoms with E-state index >= 15 is 0 Å². The van der Waals surface area contributed by atoms with Crippen LogP contribution in [-0.4, -0.2) is 16.4 Å². The lowest BCUT2D eigenvalue weighted by Gasteiger charge is -2.21. The maximum atomic E-state index is 12.1. The number of halogens is 1. The molecule has 0 saturated heterocycles. The highest BCUT2D eigenvalue weighted by molar-refractivity contribution is 14.1. The molecule has 1 aromatic carbocycles. The number of nitrogens with one attached hydrogen (secondary N) is 2. The van der Waals surface area contributed by atoms with Crippen LogP contribution in [0.4, 0.5) is 4.79 Å². The van der Waals surface area contributed by atoms with Crippen molar-refractivity contribution in [2.24, 2.45) is 5.92 Å². The number of hydrogen-bond donors (Lipinski definition) is 2. The first-order valence-corrected chi connectivity index (χ1v) is 9.44. The lowest BCUT2D eigenvalue weighted by molar-refractivity contribution is -0.120. The van der Waals surface area contributed by atoms with Gasteiger partial charge in [0, 0.05) is 29.1 Å². The van der Waals surface area contributed by atoms with Gasteiger partial charge < -0.3 is 10.6 Å². The Balaban J connectivity index is 1.84. The van der Waals surface area contributed by atoms with Crippen LogP contribution in [0.25, 0.3) is 0 Å². The molecule has 0 heterocycles. The van der Waals surface area contributed by atoms with Crippen molar-refractivity contribution in [2.75, 3.05) is 6.54 Å². The van der Waals surface area contributed by atoms with E-state index in [-0.39, 0.29) is 15.9 Å². The first kappa shape index (κ1) is 18.2. The molecule has 1 aliphatic carbocycles. The smallest absolute Gasteiger partial charge is 0.281 e. The third-order valence-electron chi connectivity index (χ3n) is 4.46. The Hall–Kier alpha value is -1.11. The van der Waals surface area contributed by atoms with Gasteiger partial charge >= 0.3 is 0 Å². The van der Waals surface area contributed by atoms with Gasteiger partial charge in [-0.1, -0.05) is 43.5 Å². The highest BCUT2D eigenvalue weighted by Gasteiger charge is 2.14. The molecule has 23 heavy (non-hydrogen) atoms. The summed E-state index contributed by atoms with van der Waals surface area (Å²) in [4.78, 5) is 23.3. The number of rotatable bonds is 6. The Labute approximate surface area is 151 Å². The fraction of sp³-hybridized carbons (Fsp3) is 0.556. The van der Waals surface area contributed by atoms with E-state index < -0.39 is 0 Å². The molecule has 1 aliphatic rings. The van der Waals surface area contributed by atoms with Crippen molar-refractivity contribution >= 4 is 32.4 Å². The average molecular weight is 428 g/mol. The van der Waals surface area contributed by atoms with Gasteiger partial charge in [0.2, 0.25) is 5.91 Å². The second kappa shape index (κ2) is 9.25. The van der Waals surface area contributed by atoms with E-state index in [1.54, 1.807) is 22.6 Å². The molecule has 2 N–H and O–H groups in total. The summed E-state index contributed by atoms with van der Waals surface area (Å²) in [6.07, 6.45) is 6.80. The highest BCUT2D eigenvalue weighted by Crippen LogP contribution is 2.22. The Morgan fingerprint density at radius 3 is 2.70 bits per heavy atom. The molecular weight excluding hydrogens is 403 g/mol. The predicted molar refractivity (Wildman–Crippen MR) is 101 cm³/mol. The molecule has 0 bridgehead atoms. The summed E-state index contributed by atoms with van der Waals surface area (Å²) >= 11 is 1.73. The third kappa shape index (κ3) is 6.49. The fourth-order valence-corrected chi connectivity index (χ4v) is 3.59. The van der Waals surface area contributed by atoms with Gasteiger partial charge in [-0.3, -0.25) is 9.59 Å². The molecule has 1 saturated carbocycles. The number of carbonyl (C=O) groups is 2. The zero-order chi connectivity index (χ0) is 16.7. The van der Waals surface area contributed by atoms with Crippen molar-refractivity contribution < 1.29 is 9.59 Å². The topological polar surface area (TPSA) is 58.2 Å². The van der Waals surface area contributed by atoms with E-state index in [1.807, 2.05) is 31.2 Å². The van der Waals surface area contributed by atoms with Crippen molar-refractivity contribution in [1.29, 1.82) is 0 Å². The monoisotopic (exact) mass is 428 g/mol. The zero-order valence-electron chi connectivity index (χ0n) is 13.6. The SMILES string of the molecule is CC(NC(=O)I)c1cccc(CC(=O)NCC2CCCCC2)c1. The molecule has 1 atom stereocenters. The van der Waals surface area contributed by atoms with Crippen LogP contribution in [0.2, 0.25) is 0 Å². The summed E-state index contributed by atoms with van der Waals surface area (Å²) in [5.74, 6) is 0.733. The summed E-state index contributed by atoms with van der Waals surface area (Å²) in [5.41, 5.74) is 2.01. The average Bonchev–Trinajstić information content (AvgIpc) is 2.53. The minimum absolute atomic E-state index is 0.0512. The van der Waals surface area contributed by atoms with Crippen LogP contribution >= 0.6 is 22.6 Å². The van der Waals surface area contributed by atoms with Crippen molar-refractivity contribution in [3.05, 3.63) is 35.4 Å². The molecular formula is C18H25IN2O2. The first-order valence-electron chi connectivity index (χ1n) is 8.36. The van der Waals surface area contributed by atoms with Crippen LogP contribution in [-0.2, 0) is 11.2 Å². The Bertz CT molecular complexity index is 542. The first-order chi connectivity index (χ1) is 11.0. The van der Waals surface area contributed by atoms with Gasteiger partial charge in [0.1, 0.15) is 0 Å². The van der Waals surface area contributed by atoms with Crippen LogP contribution in [0.15, 0.2) is 24.3 Å². The van der Waals surface area contributed by atoms with Gasteiger partial charge in [0.25, 0.3) is 3.91 Å². The quantitative estimate of drug-likeness (QED) is 0.407. The van der Waals surface area contributed by atoms with Gasteiger partial charge in [-0.2, -0.15) is 0 Å². The van der Waals surface area contributed by atoms with Crippen molar-refractivity contribution in [3.63, 3.8) is 0 Å². The second-order valence-electron chi connectivity index (χ2n) is 6.37. The second-order valence-corrected chi connectivity index (χ2v) is 7.35. The van der Waals surface area contributed by atoms with Gasteiger partial charge in [-0.15, -0.1) is 0 Å². The van der Waals surface area contributed by atoms with Crippen LogP contribution < -0.4 is 10.6 Å². The summed E-state index contributed by atoms with van der Waals surface area (Å²) in [6.45, 7) is 2.75. The van der Waals surface area contributed by atoms with Crippen LogP contribution in [0, 0.1) is 5.92 Å². The largest absolute Gasteiger partial charge is 0.356 e. The predicted octanol–water partition coefficient (Wildman–Crippen LogP) is 4.13. The number of carbonyl (C=O) groups excluding carboxylic acids is 2. The molecule has 0 aliphatic heterocycles. The molecule has 0 aromatic heterocycles. The number of benzene rings is 1. The van der Waals surface area contributed by atoms with Crippen molar-refractivity contribution in [1.82, 2.24) is 10.6 Å². The molecule has 2 rings (SSSR count). The zero-order valence-corrected chi connectivity index (χ0v) is 15.8. The molecule has 0 radical (unpaired) electrons. The number of hydrogen-bond acceptors (Lipinski definition) is 2. The summed E-state index contributed by atoms with van der Waals surface area (Å²) < 4.78 is -0.0780. The van der Waals surface area contributed by atoms with Crippen LogP contribution in [0.3, 0.4) is 0 Å². The van der Waals surface area contributed by atoms with E-state index in [9.17, 15) is 9.59 Å². The van der Waals surface area contributed by atoms with E-state index in [2.05, 4.69) is 10.6 Å². The normalized spacial score (nSPS) is 16.6. The molecule has 126 valence electrons. The highest BCUT2D eigenvalue weighted by atomic mass is 127. The minimum atomic E-state index is -0.0780. The molecule has 1 fully saturated rings. The summed E-state index contributed by atoms with van der Waals surface area (Å²) in [7, 11) is 0. The van der Waals surface area contributed by atoms with Crippen LogP contribution in [0.1, 0.15) is 56.2 Å². The Morgan fingerprint density at radius 1 is 1.26 bits per heavy atom. The minimum Gasteiger partial charge on any atom is -0.356 e. The van der Waals surface area contributed by atoms with Crippen molar-refractivity contribution in [3.8, 4) is 0 Å². The van der Waals surface area contributed by atoms with Gasteiger partial charge in [-0.05, 0) is 36.8 Å². The molecule has 2 amide bonds. The molecule has 1 aromatic rings. The Morgan fingerprint density at radius 2 is 2.00 bits per heavy atom. The van der Waals surface area contributed by atoms with E-state index in [0.717, 1.165) is 17.7 Å². The summed E-state index contributed by atoms with van der Waals surface area (Å²) in [5, 5.41) is 5.93. The standard InChI is InChI=1S/C18H25IN2O2/c1-13(21-18(19)23)16-9-5-8-15(10-16)11-17(22)20-12-14-6-3-2-4-7-14/h5,8-10,13-14H,2-4,6-7,11-12H2,1H3,(H,20,22)(H,21,23). The van der Waals surface area contributed by atoms with E-state index in [1.165, 1.54) is 32.1 Å². The van der Waals surface area contributed by atoms with Gasteiger partial charge in [0.05, 0.1) is 12.5 Å². The lowest BCUT2D eigenvalue weighted by Crippen LogP contribution is -2.31. The number of amides is 2. The molecule has 4 nitrogen and oxygen atoms in total. The lowest BCUT2D eigenvalue weighted by atomic mass is 9.89. The molecule has 1 unspecified atom stereocenters. The van der Waals surface area contributed by atoms with E-state index in [4.69, 9.17) is 0 Å². The maximum absolute atomic E-state index is 12.1. The van der Waals surface area contributed by atoms with E-state index in [0.29, 0.717) is 12.3 Å². The van der Waals surface area contributed by atoms with Crippen molar-refractivity contribution in [2.45, 2.75) is 51.5 Å². The third-order valence-corrected chi connectivity index (χ3v) is 4.77. The summed E-state index contributed by atoms with van der Waals surface area (Å²) in [6, 6.07) is 7.82. The fourth-order valence-electron chi connectivity index (χ4n) is 3.12. The maximum Gasteiger partial charge on any atom is 0.281 e. The molecule has 5 heteroatoms. The Kier molecular flexibility index (Phi) is 7.33. The van der Waals surface area contributed by atoms with Gasteiger partial charge in [0.15, 0.2) is 0 Å². The molecule has 0 spiro atoms. The van der Waals surface area contributed by atoms with Crippen LogP contribution in [0.5, 0.6) is 0 Å².